The average molecular weight is 260 g/mol. The van der Waals surface area contributed by atoms with Crippen LogP contribution in [-0.2, 0) is 0 Å². The Morgan fingerprint density at radius 3 is 2.19 bits per heavy atom. The van der Waals surface area contributed by atoms with Gasteiger partial charge in [-0.2, -0.15) is 0 Å². The second-order valence-corrected chi connectivity index (χ2v) is 3.11. The van der Waals surface area contributed by atoms with Crippen molar-refractivity contribution in [1.82, 2.24) is 0 Å². The normalized spacial score (nSPS) is 11.6. The third kappa shape index (κ3) is 5.09. The zero-order valence-corrected chi connectivity index (χ0v) is 11.9. The molecule has 1 aromatic rings. The summed E-state index contributed by atoms with van der Waals surface area (Å²) in [6, 6.07) is 1.64. The molecule has 0 aliphatic carbocycles. The predicted octanol–water partition coefficient (Wildman–Crippen LogP) is 0.677. The second-order valence-electron chi connectivity index (χ2n) is 3.11. The van der Waals surface area contributed by atoms with E-state index in [2.05, 4.69) is 0 Å². The molecule has 0 atom stereocenters. The molecule has 1 rings (SSSR count). The molecule has 0 aromatic heterocycles. The predicted molar refractivity (Wildman–Crippen MR) is 49.2 cm³/mol. The summed E-state index contributed by atoms with van der Waals surface area (Å²) < 4.78 is 61.4. The van der Waals surface area contributed by atoms with Gasteiger partial charge < -0.3 is 12.9 Å². The van der Waals surface area contributed by atoms with Crippen LogP contribution in [0.1, 0.15) is 11.1 Å². The van der Waals surface area contributed by atoms with Gasteiger partial charge in [0.2, 0.25) is 0 Å². The number of aryl methyl sites for hydroxylation is 1. The van der Waals surface area contributed by atoms with Gasteiger partial charge in [0, 0.05) is 5.56 Å². The fourth-order valence-electron chi connectivity index (χ4n) is 1.09. The molecule has 0 heterocycles. The first-order chi connectivity index (χ1) is 6.79. The fraction of sp³-hybridized carbons (Fsp3) is 0.111. The minimum Gasteiger partial charge on any atom is -0.445 e. The Balaban J connectivity index is 0.00000225. The molecule has 7 heteroatoms. The number of hydrogen-bond donors (Lipinski definition) is 0. The average Bonchev–Trinajstić information content (AvgIpc) is 2.07. The molecule has 1 aromatic carbocycles. The van der Waals surface area contributed by atoms with Crippen LogP contribution >= 0.6 is 0 Å². The standard InChI is InChI=1S/C9H7BF5.K/c1-6-4-8(11)5-7(9(6)12)2-3-10(13,14)15;/h2-5H,1H3;/q-1;+1/b3-2+;. The van der Waals surface area contributed by atoms with Crippen molar-refractivity contribution in [3.05, 3.63) is 40.9 Å². The summed E-state index contributed by atoms with van der Waals surface area (Å²) in [5, 5.41) is 0. The van der Waals surface area contributed by atoms with Crippen molar-refractivity contribution in [2.75, 3.05) is 0 Å². The number of halogens is 5. The van der Waals surface area contributed by atoms with Gasteiger partial charge in [-0.15, -0.1) is 5.98 Å². The van der Waals surface area contributed by atoms with E-state index in [-0.39, 0.29) is 62.9 Å². The molecular weight excluding hydrogens is 253 g/mol. The molecule has 0 spiro atoms. The van der Waals surface area contributed by atoms with Gasteiger partial charge in [-0.25, -0.2) is 8.78 Å². The maximum atomic E-state index is 13.2. The molecule has 0 N–H and O–H groups in total. The first kappa shape index (κ1) is 16.3. The first-order valence-electron chi connectivity index (χ1n) is 4.14. The number of benzene rings is 1. The third-order valence-corrected chi connectivity index (χ3v) is 1.74. The van der Waals surface area contributed by atoms with E-state index >= 15 is 0 Å². The molecule has 0 bridgehead atoms. The van der Waals surface area contributed by atoms with Gasteiger partial charge in [-0.3, -0.25) is 0 Å². The monoisotopic (exact) mass is 260 g/mol. The van der Waals surface area contributed by atoms with Gasteiger partial charge in [0.15, 0.2) is 0 Å². The Hall–Kier alpha value is 0.311. The first-order valence-corrected chi connectivity index (χ1v) is 4.14. The van der Waals surface area contributed by atoms with E-state index < -0.39 is 24.2 Å². The van der Waals surface area contributed by atoms with Gasteiger partial charge >= 0.3 is 58.4 Å². The Labute approximate surface area is 132 Å². The third-order valence-electron chi connectivity index (χ3n) is 1.74. The largest absolute Gasteiger partial charge is 1.00 e. The summed E-state index contributed by atoms with van der Waals surface area (Å²) in [4.78, 5) is 0. The van der Waals surface area contributed by atoms with Gasteiger partial charge in [0.05, 0.1) is 0 Å². The van der Waals surface area contributed by atoms with Crippen LogP contribution in [0.25, 0.3) is 6.08 Å². The quantitative estimate of drug-likeness (QED) is 0.542. The van der Waals surface area contributed by atoms with Gasteiger partial charge in [-0.1, -0.05) is 6.08 Å². The van der Waals surface area contributed by atoms with Crippen LogP contribution in [0.15, 0.2) is 18.1 Å². The summed E-state index contributed by atoms with van der Waals surface area (Å²) in [7, 11) is 0. The van der Waals surface area contributed by atoms with E-state index in [0.717, 1.165) is 12.1 Å². The molecule has 0 aliphatic rings. The van der Waals surface area contributed by atoms with Crippen LogP contribution < -0.4 is 51.4 Å². The molecule has 0 radical (unpaired) electrons. The van der Waals surface area contributed by atoms with Crippen LogP contribution in [0.2, 0.25) is 0 Å². The van der Waals surface area contributed by atoms with Crippen molar-refractivity contribution in [2.45, 2.75) is 6.92 Å². The Morgan fingerprint density at radius 2 is 1.69 bits per heavy atom. The minimum absolute atomic E-state index is 0. The molecular formula is C9H7BF5K. The van der Waals surface area contributed by atoms with Gasteiger partial charge in [0.25, 0.3) is 0 Å². The molecule has 82 valence electrons. The topological polar surface area (TPSA) is 0 Å². The maximum absolute atomic E-state index is 13.2. The smallest absolute Gasteiger partial charge is 0.445 e. The van der Waals surface area contributed by atoms with Crippen LogP contribution in [-0.4, -0.2) is 6.98 Å². The fourth-order valence-corrected chi connectivity index (χ4v) is 1.09. The maximum Gasteiger partial charge on any atom is 1.00 e. The summed E-state index contributed by atoms with van der Waals surface area (Å²) in [6.07, 6.45) is 0.533. The van der Waals surface area contributed by atoms with Crippen molar-refractivity contribution >= 4 is 13.1 Å². The van der Waals surface area contributed by atoms with Crippen LogP contribution in [0.5, 0.6) is 0 Å². The van der Waals surface area contributed by atoms with Gasteiger partial charge in [-0.05, 0) is 24.6 Å². The summed E-state index contributed by atoms with van der Waals surface area (Å²) in [6.45, 7) is -3.85. The van der Waals surface area contributed by atoms with Crippen molar-refractivity contribution in [2.24, 2.45) is 0 Å². The number of hydrogen-bond acceptors (Lipinski definition) is 0. The van der Waals surface area contributed by atoms with E-state index in [1.54, 1.807) is 0 Å². The zero-order valence-electron chi connectivity index (χ0n) is 8.78. The van der Waals surface area contributed by atoms with E-state index in [0.29, 0.717) is 6.08 Å². The van der Waals surface area contributed by atoms with Gasteiger partial charge in [0.1, 0.15) is 11.6 Å². The Bertz CT molecular complexity index is 400. The summed E-state index contributed by atoms with van der Waals surface area (Å²) in [5.74, 6) is -1.67. The zero-order chi connectivity index (χ0) is 11.6. The van der Waals surface area contributed by atoms with E-state index in [1.807, 2.05) is 0 Å². The van der Waals surface area contributed by atoms with E-state index in [9.17, 15) is 21.7 Å². The second kappa shape index (κ2) is 6.30. The Kier molecular flexibility index (Phi) is 6.42. The molecule has 0 aliphatic heterocycles. The number of rotatable bonds is 2. The summed E-state index contributed by atoms with van der Waals surface area (Å²) >= 11 is 0. The van der Waals surface area contributed by atoms with Crippen molar-refractivity contribution in [3.8, 4) is 0 Å². The molecule has 0 amide bonds. The molecule has 0 unspecified atom stereocenters. The molecule has 0 nitrogen and oxygen atoms in total. The molecule has 0 fully saturated rings. The van der Waals surface area contributed by atoms with E-state index in [4.69, 9.17) is 0 Å². The van der Waals surface area contributed by atoms with Crippen LogP contribution in [0.4, 0.5) is 21.7 Å². The Morgan fingerprint density at radius 1 is 1.12 bits per heavy atom. The SMILES string of the molecule is Cc1cc(F)cc(/C=C/[B-](F)(F)F)c1F.[K+]. The molecule has 0 saturated heterocycles. The van der Waals surface area contributed by atoms with Crippen molar-refractivity contribution in [3.63, 3.8) is 0 Å². The summed E-state index contributed by atoms with van der Waals surface area (Å²) in [5.41, 5.74) is -0.420. The van der Waals surface area contributed by atoms with Crippen LogP contribution in [0.3, 0.4) is 0 Å². The van der Waals surface area contributed by atoms with Crippen molar-refractivity contribution in [1.29, 1.82) is 0 Å². The minimum atomic E-state index is -5.13. The van der Waals surface area contributed by atoms with Crippen LogP contribution in [0, 0.1) is 18.6 Å². The van der Waals surface area contributed by atoms with E-state index in [1.165, 1.54) is 6.92 Å². The molecule has 16 heavy (non-hydrogen) atoms. The molecule has 0 saturated carbocycles. The van der Waals surface area contributed by atoms with Crippen molar-refractivity contribution < 1.29 is 73.1 Å².